The summed E-state index contributed by atoms with van der Waals surface area (Å²) in [4.78, 5) is 12.0. The molecule has 1 amide bonds. The lowest BCUT2D eigenvalue weighted by Crippen LogP contribution is -2.16. The van der Waals surface area contributed by atoms with Crippen LogP contribution in [0.5, 0.6) is 0 Å². The number of aryl methyl sites for hydroxylation is 1. The zero-order valence-corrected chi connectivity index (χ0v) is 10.9. The van der Waals surface area contributed by atoms with Gasteiger partial charge < -0.3 is 14.4 Å². The number of rotatable bonds is 4. The molecule has 0 aliphatic heterocycles. The van der Waals surface area contributed by atoms with Gasteiger partial charge in [-0.2, -0.15) is 0 Å². The van der Waals surface area contributed by atoms with Crippen LogP contribution < -0.4 is 5.32 Å². The number of amides is 1. The van der Waals surface area contributed by atoms with Gasteiger partial charge in [-0.1, -0.05) is 12.1 Å². The molecule has 0 radical (unpaired) electrons. The first-order valence-corrected chi connectivity index (χ1v) is 6.07. The van der Waals surface area contributed by atoms with Crippen LogP contribution in [0.15, 0.2) is 33.6 Å². The molecule has 0 aliphatic rings. The molecule has 0 atom stereocenters. The van der Waals surface area contributed by atoms with Crippen molar-refractivity contribution in [2.75, 3.05) is 5.32 Å². The molecule has 0 bridgehead atoms. The molecule has 17 heavy (non-hydrogen) atoms. The summed E-state index contributed by atoms with van der Waals surface area (Å²) < 4.78 is 7.44. The third-order valence-electron chi connectivity index (χ3n) is 2.24. The van der Waals surface area contributed by atoms with Crippen molar-refractivity contribution in [3.8, 4) is 0 Å². The van der Waals surface area contributed by atoms with Crippen molar-refractivity contribution in [1.82, 2.24) is 9.72 Å². The molecule has 2 heterocycles. The number of nitrogens with one attached hydrogen (secondary N) is 1. The minimum absolute atomic E-state index is 0.196. The number of hydrogen-bond donors (Lipinski definition) is 1. The van der Waals surface area contributed by atoms with Crippen LogP contribution in [0.1, 0.15) is 23.8 Å². The zero-order valence-electron chi connectivity index (χ0n) is 9.31. The van der Waals surface area contributed by atoms with E-state index < -0.39 is 0 Å². The molecule has 2 aromatic heterocycles. The Bertz CT molecular complexity index is 505. The van der Waals surface area contributed by atoms with Crippen molar-refractivity contribution in [3.63, 3.8) is 0 Å². The number of aromatic nitrogens is 2. The predicted octanol–water partition coefficient (Wildman–Crippen LogP) is 2.90. The lowest BCUT2D eigenvalue weighted by Gasteiger charge is -2.06. The lowest BCUT2D eigenvalue weighted by molar-refractivity contribution is 0.101. The number of carbonyl (C=O) groups excluding carboxylic acids is 1. The number of carbonyl (C=O) groups is 1. The molecule has 0 aliphatic carbocycles. The fourth-order valence-corrected chi connectivity index (χ4v) is 2.01. The molecule has 90 valence electrons. The molecule has 5 nitrogen and oxygen atoms in total. The zero-order chi connectivity index (χ0) is 12.3. The SMILES string of the molecule is CCCn1cc(Br)cc1C(=O)Nc1ccon1. The number of nitrogens with zero attached hydrogens (tertiary/aromatic N) is 2. The molecule has 0 saturated heterocycles. The first-order valence-electron chi connectivity index (χ1n) is 5.28. The van der Waals surface area contributed by atoms with Crippen LogP contribution >= 0.6 is 15.9 Å². The van der Waals surface area contributed by atoms with Gasteiger partial charge >= 0.3 is 0 Å². The Kier molecular flexibility index (Phi) is 3.63. The van der Waals surface area contributed by atoms with Crippen LogP contribution in [-0.2, 0) is 6.54 Å². The molecule has 1 N–H and O–H groups in total. The largest absolute Gasteiger partial charge is 0.363 e. The van der Waals surface area contributed by atoms with E-state index in [1.807, 2.05) is 10.8 Å². The molecular weight excluding hydrogens is 286 g/mol. The highest BCUT2D eigenvalue weighted by Gasteiger charge is 2.13. The van der Waals surface area contributed by atoms with Gasteiger partial charge in [-0.3, -0.25) is 4.79 Å². The third-order valence-corrected chi connectivity index (χ3v) is 2.67. The Morgan fingerprint density at radius 3 is 3.12 bits per heavy atom. The van der Waals surface area contributed by atoms with Crippen molar-refractivity contribution >= 4 is 27.7 Å². The summed E-state index contributed by atoms with van der Waals surface area (Å²) in [5.74, 6) is 0.216. The predicted molar refractivity (Wildman–Crippen MR) is 66.9 cm³/mol. The Morgan fingerprint density at radius 1 is 1.65 bits per heavy atom. The Morgan fingerprint density at radius 2 is 2.47 bits per heavy atom. The Hall–Kier alpha value is -1.56. The van der Waals surface area contributed by atoms with Gasteiger partial charge in [0.1, 0.15) is 12.0 Å². The molecule has 0 fully saturated rings. The topological polar surface area (TPSA) is 60.1 Å². The summed E-state index contributed by atoms with van der Waals surface area (Å²) in [6.45, 7) is 2.86. The average Bonchev–Trinajstić information content (AvgIpc) is 2.88. The number of halogens is 1. The highest BCUT2D eigenvalue weighted by molar-refractivity contribution is 9.10. The molecule has 0 saturated carbocycles. The van der Waals surface area contributed by atoms with E-state index in [9.17, 15) is 4.79 Å². The average molecular weight is 298 g/mol. The van der Waals surface area contributed by atoms with Crippen molar-refractivity contribution in [2.24, 2.45) is 0 Å². The van der Waals surface area contributed by atoms with Crippen LogP contribution in [0.4, 0.5) is 5.82 Å². The van der Waals surface area contributed by atoms with Gasteiger partial charge in [0.2, 0.25) is 0 Å². The van der Waals surface area contributed by atoms with E-state index >= 15 is 0 Å². The maximum Gasteiger partial charge on any atom is 0.273 e. The summed E-state index contributed by atoms with van der Waals surface area (Å²) >= 11 is 3.36. The normalized spacial score (nSPS) is 10.5. The Balaban J connectivity index is 2.18. The second-order valence-electron chi connectivity index (χ2n) is 3.58. The quantitative estimate of drug-likeness (QED) is 0.944. The highest BCUT2D eigenvalue weighted by atomic mass is 79.9. The smallest absolute Gasteiger partial charge is 0.273 e. The molecule has 2 aromatic rings. The van der Waals surface area contributed by atoms with Gasteiger partial charge in [0, 0.05) is 23.3 Å². The van der Waals surface area contributed by atoms with Crippen molar-refractivity contribution in [1.29, 1.82) is 0 Å². The molecule has 0 spiro atoms. The summed E-state index contributed by atoms with van der Waals surface area (Å²) in [5.41, 5.74) is 0.599. The fraction of sp³-hybridized carbons (Fsp3) is 0.273. The summed E-state index contributed by atoms with van der Waals surface area (Å²) in [5, 5.41) is 6.30. The van der Waals surface area contributed by atoms with E-state index in [4.69, 9.17) is 0 Å². The van der Waals surface area contributed by atoms with Gasteiger partial charge in [-0.15, -0.1) is 0 Å². The van der Waals surface area contributed by atoms with Crippen molar-refractivity contribution in [3.05, 3.63) is 34.8 Å². The van der Waals surface area contributed by atoms with Crippen LogP contribution in [0, 0.1) is 0 Å². The van der Waals surface area contributed by atoms with E-state index in [2.05, 4.69) is 37.9 Å². The monoisotopic (exact) mass is 297 g/mol. The molecule has 0 unspecified atom stereocenters. The van der Waals surface area contributed by atoms with Gasteiger partial charge in [0.25, 0.3) is 5.91 Å². The second-order valence-corrected chi connectivity index (χ2v) is 4.49. The van der Waals surface area contributed by atoms with Crippen LogP contribution in [-0.4, -0.2) is 15.6 Å². The van der Waals surface area contributed by atoms with E-state index in [-0.39, 0.29) is 5.91 Å². The van der Waals surface area contributed by atoms with Gasteiger partial charge in [-0.05, 0) is 28.4 Å². The van der Waals surface area contributed by atoms with Gasteiger partial charge in [0.05, 0.1) is 0 Å². The Labute approximate surface area is 107 Å². The summed E-state index contributed by atoms with van der Waals surface area (Å²) in [6.07, 6.45) is 4.27. The minimum Gasteiger partial charge on any atom is -0.363 e. The molecule has 6 heteroatoms. The first kappa shape index (κ1) is 11.9. The fourth-order valence-electron chi connectivity index (χ4n) is 1.55. The van der Waals surface area contributed by atoms with E-state index in [1.165, 1.54) is 6.26 Å². The molecule has 0 aromatic carbocycles. The van der Waals surface area contributed by atoms with E-state index in [1.54, 1.807) is 12.1 Å². The van der Waals surface area contributed by atoms with E-state index in [0.29, 0.717) is 11.5 Å². The first-order chi connectivity index (χ1) is 8.20. The third kappa shape index (κ3) is 2.76. The van der Waals surface area contributed by atoms with Gasteiger partial charge in [0.15, 0.2) is 5.82 Å². The summed E-state index contributed by atoms with van der Waals surface area (Å²) in [6, 6.07) is 3.38. The van der Waals surface area contributed by atoms with Gasteiger partial charge in [-0.25, -0.2) is 0 Å². The van der Waals surface area contributed by atoms with E-state index in [0.717, 1.165) is 17.4 Å². The summed E-state index contributed by atoms with van der Waals surface area (Å²) in [7, 11) is 0. The second kappa shape index (κ2) is 5.18. The maximum atomic E-state index is 12.0. The standard InChI is InChI=1S/C11H12BrN3O2/c1-2-4-15-7-8(12)6-9(15)11(16)13-10-3-5-17-14-10/h3,5-7H,2,4H2,1H3,(H,13,14,16). The molecular formula is C11H12BrN3O2. The van der Waals surface area contributed by atoms with Crippen LogP contribution in [0.3, 0.4) is 0 Å². The molecule has 2 rings (SSSR count). The van der Waals surface area contributed by atoms with Crippen LogP contribution in [0.2, 0.25) is 0 Å². The number of anilines is 1. The maximum absolute atomic E-state index is 12.0. The van der Waals surface area contributed by atoms with Crippen molar-refractivity contribution in [2.45, 2.75) is 19.9 Å². The van der Waals surface area contributed by atoms with Crippen LogP contribution in [0.25, 0.3) is 0 Å². The van der Waals surface area contributed by atoms with Crippen molar-refractivity contribution < 1.29 is 9.32 Å². The number of hydrogen-bond acceptors (Lipinski definition) is 3. The highest BCUT2D eigenvalue weighted by Crippen LogP contribution is 2.16. The minimum atomic E-state index is -0.196. The lowest BCUT2D eigenvalue weighted by atomic mass is 10.3.